The minimum atomic E-state index is 0.859. The molecule has 1 saturated carbocycles. The highest BCUT2D eigenvalue weighted by molar-refractivity contribution is 6.39. The molecule has 12 unspecified atom stereocenters. The molecule has 12 aliphatic carbocycles. The molecule has 0 aromatic heterocycles. The van der Waals surface area contributed by atoms with Crippen molar-refractivity contribution in [1.29, 1.82) is 0 Å². The molecule has 0 spiro atoms. The van der Waals surface area contributed by atoms with Crippen LogP contribution in [0.1, 0.15) is 179 Å². The third-order valence-corrected chi connectivity index (χ3v) is 17.3. The fourth-order valence-electron chi connectivity index (χ4n) is 17.2. The van der Waals surface area contributed by atoms with Gasteiger partial charge in [0.1, 0.15) is 0 Å². The van der Waals surface area contributed by atoms with Crippen molar-refractivity contribution in [3.63, 3.8) is 0 Å². The van der Waals surface area contributed by atoms with Crippen LogP contribution < -0.4 is 0 Å². The first kappa shape index (κ1) is 18.3. The zero-order valence-electron chi connectivity index (χ0n) is 23.0. The second-order valence-corrected chi connectivity index (χ2v) is 17.3. The molecule has 12 atom stereocenters. The molecule has 1 fully saturated rings. The van der Waals surface area contributed by atoms with E-state index in [-0.39, 0.29) is 0 Å². The summed E-state index contributed by atoms with van der Waals surface area (Å²) in [6, 6.07) is 0. The van der Waals surface area contributed by atoms with Gasteiger partial charge in [-0.25, -0.2) is 0 Å². The smallest absolute Gasteiger partial charge is 0.000771 e. The zero-order valence-corrected chi connectivity index (χ0v) is 23.0. The van der Waals surface area contributed by atoms with E-state index in [9.17, 15) is 0 Å². The fourth-order valence-corrected chi connectivity index (χ4v) is 17.2. The van der Waals surface area contributed by atoms with Gasteiger partial charge in [-0.15, -0.1) is 0 Å². The van der Waals surface area contributed by atoms with Crippen LogP contribution in [-0.2, 0) is 0 Å². The van der Waals surface area contributed by atoms with Crippen LogP contribution >= 0.6 is 0 Å². The predicted octanol–water partition coefficient (Wildman–Crippen LogP) is 10.2. The molecular formula is C40H32. The third kappa shape index (κ3) is 1.28. The van der Waals surface area contributed by atoms with Gasteiger partial charge in [0.2, 0.25) is 0 Å². The van der Waals surface area contributed by atoms with Gasteiger partial charge in [-0.2, -0.15) is 0 Å². The van der Waals surface area contributed by atoms with Gasteiger partial charge >= 0.3 is 0 Å². The number of hydrogen-bond donors (Lipinski definition) is 0. The van der Waals surface area contributed by atoms with Gasteiger partial charge in [0.05, 0.1) is 0 Å². The first-order valence-electron chi connectivity index (χ1n) is 17.6. The van der Waals surface area contributed by atoms with Crippen molar-refractivity contribution in [3.8, 4) is 11.1 Å². The summed E-state index contributed by atoms with van der Waals surface area (Å²) in [6.45, 7) is 0. The molecule has 0 bridgehead atoms. The summed E-state index contributed by atoms with van der Waals surface area (Å²) in [4.78, 5) is 0. The van der Waals surface area contributed by atoms with Gasteiger partial charge in [0, 0.05) is 0 Å². The molecule has 40 heavy (non-hydrogen) atoms. The SMILES string of the molecule is C1CC2c3c4c5c6c7c3C1C1CCC3c(c71)c1c7c8c9c%10c%11c(c-5c9c16)C1C(CCC2C41)C%11CCC%10C8CCC73. The molecule has 0 nitrogen and oxygen atoms in total. The lowest BCUT2D eigenvalue weighted by molar-refractivity contribution is 0.169. The van der Waals surface area contributed by atoms with Crippen molar-refractivity contribution in [2.45, 2.75) is 123 Å². The Hall–Kier alpha value is -2.34. The molecule has 12 aliphatic rings. The summed E-state index contributed by atoms with van der Waals surface area (Å²) in [6.07, 6.45) is 15.2. The summed E-state index contributed by atoms with van der Waals surface area (Å²) < 4.78 is 0. The van der Waals surface area contributed by atoms with Gasteiger partial charge in [-0.05, 0) is 234 Å². The molecule has 16 rings (SSSR count). The Morgan fingerprint density at radius 3 is 0.975 bits per heavy atom. The number of rotatable bonds is 0. The average Bonchev–Trinajstić information content (AvgIpc) is 3.79. The lowest BCUT2D eigenvalue weighted by Gasteiger charge is -2.44. The Kier molecular flexibility index (Phi) is 2.23. The van der Waals surface area contributed by atoms with Crippen LogP contribution in [-0.4, -0.2) is 0 Å². The standard InChI is InChI=1S/C40H32/c1-2-12-14-5-6-16-18-9-10-20-19-8-7-17-15-4-3-13-11(1)21-22(12)32-24(14)26(16)34-29(18)30(20)35-28(19)27(17)33-25(15)23(13)31(21)36-37(32)39(34)40(35)38(33)36/h11-22H,1-10H2. The molecule has 0 radical (unpaired) electrons. The fraction of sp³-hybridized carbons (Fsp3) is 0.550. The van der Waals surface area contributed by atoms with Crippen LogP contribution in [0.2, 0.25) is 0 Å². The molecule has 4 aromatic rings. The zero-order chi connectivity index (χ0) is 24.4. The second kappa shape index (κ2) is 4.89. The van der Waals surface area contributed by atoms with Crippen LogP contribution in [0, 0.1) is 11.8 Å². The maximum Gasteiger partial charge on any atom is -0.000771 e. The van der Waals surface area contributed by atoms with E-state index in [0.717, 1.165) is 71.0 Å². The van der Waals surface area contributed by atoms with Gasteiger partial charge < -0.3 is 0 Å². The van der Waals surface area contributed by atoms with Crippen molar-refractivity contribution < 1.29 is 0 Å². The molecule has 0 heterocycles. The van der Waals surface area contributed by atoms with Crippen molar-refractivity contribution in [3.05, 3.63) is 55.6 Å². The van der Waals surface area contributed by atoms with E-state index in [4.69, 9.17) is 0 Å². The van der Waals surface area contributed by atoms with Gasteiger partial charge in [0.15, 0.2) is 0 Å². The molecular weight excluding hydrogens is 480 g/mol. The lowest BCUT2D eigenvalue weighted by atomic mass is 9.60. The Morgan fingerprint density at radius 2 is 0.575 bits per heavy atom. The van der Waals surface area contributed by atoms with E-state index >= 15 is 0 Å². The summed E-state index contributed by atoms with van der Waals surface area (Å²) in [5.74, 6) is 10.7. The largest absolute Gasteiger partial charge is 0.0489 e. The summed E-state index contributed by atoms with van der Waals surface area (Å²) in [7, 11) is 0. The van der Waals surface area contributed by atoms with E-state index in [0.29, 0.717) is 0 Å². The molecule has 0 heteroatoms. The van der Waals surface area contributed by atoms with Crippen LogP contribution in [0.25, 0.3) is 43.4 Å². The molecule has 0 aliphatic heterocycles. The molecule has 0 amide bonds. The Morgan fingerprint density at radius 1 is 0.250 bits per heavy atom. The second-order valence-electron chi connectivity index (χ2n) is 17.3. The molecule has 4 aromatic carbocycles. The Bertz CT molecular complexity index is 2060. The highest BCUT2D eigenvalue weighted by atomic mass is 14.7. The van der Waals surface area contributed by atoms with E-state index in [1.54, 1.807) is 12.8 Å². The van der Waals surface area contributed by atoms with Crippen molar-refractivity contribution in [2.75, 3.05) is 0 Å². The first-order chi connectivity index (χ1) is 19.9. The van der Waals surface area contributed by atoms with Crippen LogP contribution in [0.4, 0.5) is 0 Å². The van der Waals surface area contributed by atoms with E-state index in [2.05, 4.69) is 0 Å². The van der Waals surface area contributed by atoms with E-state index in [1.165, 1.54) is 51.4 Å². The predicted molar refractivity (Wildman–Crippen MR) is 159 cm³/mol. The van der Waals surface area contributed by atoms with Crippen LogP contribution in [0.5, 0.6) is 0 Å². The minimum absolute atomic E-state index is 0.859. The maximum absolute atomic E-state index is 2.02. The van der Waals surface area contributed by atoms with Crippen molar-refractivity contribution >= 4 is 32.3 Å². The van der Waals surface area contributed by atoms with Crippen LogP contribution in [0.3, 0.4) is 0 Å². The molecule has 192 valence electrons. The van der Waals surface area contributed by atoms with Gasteiger partial charge in [0.25, 0.3) is 0 Å². The summed E-state index contributed by atoms with van der Waals surface area (Å²) >= 11 is 0. The molecule has 0 saturated heterocycles. The van der Waals surface area contributed by atoms with Crippen molar-refractivity contribution in [2.24, 2.45) is 11.8 Å². The van der Waals surface area contributed by atoms with Crippen molar-refractivity contribution in [1.82, 2.24) is 0 Å². The lowest BCUT2D eigenvalue weighted by Crippen LogP contribution is -2.31. The number of benzene rings is 4. The summed E-state index contributed by atoms with van der Waals surface area (Å²) in [5, 5.41) is 11.4. The van der Waals surface area contributed by atoms with Crippen LogP contribution in [0.15, 0.2) is 0 Å². The van der Waals surface area contributed by atoms with E-state index < -0.39 is 0 Å². The monoisotopic (exact) mass is 512 g/mol. The topological polar surface area (TPSA) is 0 Å². The Labute approximate surface area is 233 Å². The normalized spacial score (nSPS) is 46.5. The highest BCUT2D eigenvalue weighted by Crippen LogP contribution is 2.82. The maximum atomic E-state index is 2.02. The highest BCUT2D eigenvalue weighted by Gasteiger charge is 2.65. The van der Waals surface area contributed by atoms with Gasteiger partial charge in [-0.1, -0.05) is 0 Å². The first-order valence-corrected chi connectivity index (χ1v) is 17.6. The number of hydrogen-bond acceptors (Lipinski definition) is 0. The summed E-state index contributed by atoms with van der Waals surface area (Å²) in [5.41, 5.74) is 23.8. The quantitative estimate of drug-likeness (QED) is 0.181. The average molecular weight is 513 g/mol. The van der Waals surface area contributed by atoms with E-state index in [1.807, 2.05) is 99.1 Å². The van der Waals surface area contributed by atoms with Gasteiger partial charge in [-0.3, -0.25) is 0 Å². The minimum Gasteiger partial charge on any atom is -0.0489 e. The third-order valence-electron chi connectivity index (χ3n) is 17.3. The molecule has 0 N–H and O–H groups in total. The number of fused-ring (bicyclic) bond motifs is 5. The Balaban J connectivity index is 1.31.